The molecule has 2 aliphatic heterocycles. The fourth-order valence-electron chi connectivity index (χ4n) is 4.01. The van der Waals surface area contributed by atoms with Crippen molar-refractivity contribution < 1.29 is 0 Å². The lowest BCUT2D eigenvalue weighted by molar-refractivity contribution is 0.590. The highest BCUT2D eigenvalue weighted by molar-refractivity contribution is 8.06. The summed E-state index contributed by atoms with van der Waals surface area (Å²) in [5.41, 5.74) is 0.327. The molecular weight excluding hydrogens is 573 g/mol. The Labute approximate surface area is 234 Å². The molecule has 0 fully saturated rings. The summed E-state index contributed by atoms with van der Waals surface area (Å²) in [6, 6.07) is 0. The smallest absolute Gasteiger partial charge is 0.155 e. The lowest BCUT2D eigenvalue weighted by atomic mass is 9.95. The van der Waals surface area contributed by atoms with E-state index in [2.05, 4.69) is 41.5 Å². The number of nitrogens with zero attached hydrogens (tertiary/aromatic N) is 2. The monoisotopic (exact) mass is 598 g/mol. The van der Waals surface area contributed by atoms with Crippen LogP contribution in [0.5, 0.6) is 0 Å². The molecule has 2 aliphatic rings. The molecule has 180 valence electrons. The number of hydrogen-bond acceptors (Lipinski definition) is 10. The first-order chi connectivity index (χ1) is 16.1. The van der Waals surface area contributed by atoms with E-state index in [0.29, 0.717) is 0 Å². The molecule has 6 heterocycles. The third-order valence-corrected chi connectivity index (χ3v) is 16.8. The van der Waals surface area contributed by atoms with Crippen LogP contribution in [0.1, 0.15) is 51.3 Å². The molecule has 0 spiro atoms. The van der Waals surface area contributed by atoms with Crippen molar-refractivity contribution in [3.63, 3.8) is 0 Å². The van der Waals surface area contributed by atoms with Crippen molar-refractivity contribution >= 4 is 102 Å². The lowest BCUT2D eigenvalue weighted by Crippen LogP contribution is -2.10. The van der Waals surface area contributed by atoms with Gasteiger partial charge in [0.25, 0.3) is 0 Å². The zero-order chi connectivity index (χ0) is 23.8. The average molecular weight is 599 g/mol. The van der Waals surface area contributed by atoms with Gasteiger partial charge in [-0.05, 0) is 10.8 Å². The van der Waals surface area contributed by atoms with Gasteiger partial charge in [0.05, 0.1) is 9.75 Å². The fraction of sp³-hybridized carbons (Fsp3) is 0.500. The largest absolute Gasteiger partial charge is 0.222 e. The molecule has 6 rings (SSSR count). The highest BCUT2D eigenvalue weighted by atomic mass is 32.2. The summed E-state index contributed by atoms with van der Waals surface area (Å²) >= 11 is 15.6. The molecule has 2 nitrogen and oxygen atoms in total. The third kappa shape index (κ3) is 4.25. The Morgan fingerprint density at radius 2 is 0.853 bits per heavy atom. The van der Waals surface area contributed by atoms with Crippen molar-refractivity contribution in [3.05, 3.63) is 9.75 Å². The first kappa shape index (κ1) is 24.6. The molecule has 0 bridgehead atoms. The predicted octanol–water partition coefficient (Wildman–Crippen LogP) is 10.2. The second-order valence-corrected chi connectivity index (χ2v) is 18.8. The first-order valence-electron chi connectivity index (χ1n) is 11.2. The van der Waals surface area contributed by atoms with E-state index < -0.39 is 0 Å². The zero-order valence-electron chi connectivity index (χ0n) is 20.0. The van der Waals surface area contributed by atoms with Crippen molar-refractivity contribution in [2.45, 2.75) is 72.0 Å². The summed E-state index contributed by atoms with van der Waals surface area (Å²) in [5.74, 6) is 4.77. The highest BCUT2D eigenvalue weighted by Gasteiger charge is 2.32. The first-order valence-corrected chi connectivity index (χ1v) is 18.5. The van der Waals surface area contributed by atoms with E-state index in [4.69, 9.17) is 9.97 Å². The van der Waals surface area contributed by atoms with Gasteiger partial charge in [-0.15, -0.1) is 69.7 Å². The SMILES string of the molecule is CC(C)(C)c1sc(-c2nc3sc(-c4sc(C(C)(C)C)c5c4SCCS5)nc3s2)c2c1SCCS2. The van der Waals surface area contributed by atoms with Crippen molar-refractivity contribution in [2.75, 3.05) is 23.0 Å². The summed E-state index contributed by atoms with van der Waals surface area (Å²) in [4.78, 5) is 24.2. The van der Waals surface area contributed by atoms with Gasteiger partial charge in [-0.1, -0.05) is 64.2 Å². The molecule has 0 radical (unpaired) electrons. The Bertz CT molecular complexity index is 1260. The molecule has 0 aliphatic carbocycles. The number of thioether (sulfide) groups is 4. The standard InChI is InChI=1S/C24H26N2S8/c1-23(2,3)17-13-11(27-7-9-29-13)15(31-17)19-25-21-22(33-19)26-20(34-21)16-12-14(30-10-8-28-12)18(32-16)24(4,5)6/h7-10H2,1-6H3. The topological polar surface area (TPSA) is 25.8 Å². The Morgan fingerprint density at radius 3 is 1.21 bits per heavy atom. The molecule has 0 atom stereocenters. The van der Waals surface area contributed by atoms with E-state index in [1.54, 1.807) is 22.7 Å². The van der Waals surface area contributed by atoms with Crippen LogP contribution in [-0.2, 0) is 10.8 Å². The Balaban J connectivity index is 1.43. The molecular formula is C24H26N2S8. The van der Waals surface area contributed by atoms with E-state index >= 15 is 0 Å². The maximum absolute atomic E-state index is 5.16. The summed E-state index contributed by atoms with van der Waals surface area (Å²) < 4.78 is 0. The van der Waals surface area contributed by atoms with Crippen LogP contribution in [0.4, 0.5) is 0 Å². The minimum Gasteiger partial charge on any atom is -0.222 e. The van der Waals surface area contributed by atoms with Gasteiger partial charge in [-0.25, -0.2) is 9.97 Å². The second kappa shape index (κ2) is 8.96. The van der Waals surface area contributed by atoms with Gasteiger partial charge in [0.1, 0.15) is 10.0 Å². The van der Waals surface area contributed by atoms with E-state index in [1.165, 1.54) is 62.1 Å². The van der Waals surface area contributed by atoms with Crippen LogP contribution in [0, 0.1) is 0 Å². The van der Waals surface area contributed by atoms with E-state index in [-0.39, 0.29) is 10.8 Å². The van der Waals surface area contributed by atoms with Crippen molar-refractivity contribution in [1.82, 2.24) is 9.97 Å². The second-order valence-electron chi connectivity index (χ2n) is 10.4. The van der Waals surface area contributed by atoms with Gasteiger partial charge >= 0.3 is 0 Å². The zero-order valence-corrected chi connectivity index (χ0v) is 26.5. The summed E-state index contributed by atoms with van der Waals surface area (Å²) in [6.45, 7) is 14.0. The predicted molar refractivity (Wildman–Crippen MR) is 162 cm³/mol. The molecule has 34 heavy (non-hydrogen) atoms. The number of aromatic nitrogens is 2. The Hall–Kier alpha value is 0.320. The molecule has 0 N–H and O–H groups in total. The molecule has 0 aromatic carbocycles. The summed E-state index contributed by atoms with van der Waals surface area (Å²) in [5, 5.41) is 2.31. The Morgan fingerprint density at radius 1 is 0.500 bits per heavy atom. The van der Waals surface area contributed by atoms with Crippen molar-refractivity contribution in [2.24, 2.45) is 0 Å². The maximum Gasteiger partial charge on any atom is 0.155 e. The minimum atomic E-state index is 0.163. The van der Waals surface area contributed by atoms with Crippen LogP contribution < -0.4 is 0 Å². The fourth-order valence-corrected chi connectivity index (χ4v) is 15.2. The quantitative estimate of drug-likeness (QED) is 0.228. The van der Waals surface area contributed by atoms with Crippen LogP contribution in [-0.4, -0.2) is 33.0 Å². The van der Waals surface area contributed by atoms with Crippen LogP contribution in [0.2, 0.25) is 0 Å². The molecule has 4 aromatic rings. The van der Waals surface area contributed by atoms with E-state index in [9.17, 15) is 0 Å². The normalized spacial score (nSPS) is 16.8. The molecule has 0 unspecified atom stereocenters. The summed E-state index contributed by atoms with van der Waals surface area (Å²) in [6.07, 6.45) is 0. The third-order valence-electron chi connectivity index (χ3n) is 5.52. The minimum absolute atomic E-state index is 0.163. The number of hydrogen-bond donors (Lipinski definition) is 0. The number of thiazole rings is 2. The van der Waals surface area contributed by atoms with Crippen LogP contribution >= 0.6 is 92.4 Å². The number of rotatable bonds is 2. The molecule has 0 amide bonds. The van der Waals surface area contributed by atoms with E-state index in [0.717, 1.165) is 19.7 Å². The highest BCUT2D eigenvalue weighted by Crippen LogP contribution is 2.56. The van der Waals surface area contributed by atoms with E-state index in [1.807, 2.05) is 69.7 Å². The lowest BCUT2D eigenvalue weighted by Gasteiger charge is -2.20. The molecule has 4 aromatic heterocycles. The molecule has 10 heteroatoms. The van der Waals surface area contributed by atoms with Gasteiger partial charge in [0.15, 0.2) is 9.66 Å². The van der Waals surface area contributed by atoms with Gasteiger partial charge in [-0.3, -0.25) is 0 Å². The molecule has 0 saturated carbocycles. The van der Waals surface area contributed by atoms with Crippen molar-refractivity contribution in [1.29, 1.82) is 0 Å². The van der Waals surface area contributed by atoms with Gasteiger partial charge in [-0.2, -0.15) is 0 Å². The average Bonchev–Trinajstić information content (AvgIpc) is 3.51. The Kier molecular flexibility index (Phi) is 6.50. The van der Waals surface area contributed by atoms with Crippen LogP contribution in [0.15, 0.2) is 19.6 Å². The number of thiophene rings is 2. The van der Waals surface area contributed by atoms with Gasteiger partial charge in [0, 0.05) is 52.3 Å². The maximum atomic E-state index is 5.16. The van der Waals surface area contributed by atoms with Crippen LogP contribution in [0.25, 0.3) is 29.4 Å². The number of fused-ring (bicyclic) bond motifs is 3. The van der Waals surface area contributed by atoms with Gasteiger partial charge < -0.3 is 0 Å². The van der Waals surface area contributed by atoms with Gasteiger partial charge in [0.2, 0.25) is 0 Å². The summed E-state index contributed by atoms with van der Waals surface area (Å²) in [7, 11) is 0. The van der Waals surface area contributed by atoms with Crippen molar-refractivity contribution in [3.8, 4) is 19.8 Å². The van der Waals surface area contributed by atoms with Crippen LogP contribution in [0.3, 0.4) is 0 Å². The molecule has 0 saturated heterocycles.